The number of hydrogen-bond acceptors (Lipinski definition) is 3. The van der Waals surface area contributed by atoms with Crippen LogP contribution in [-0.2, 0) is 16.1 Å². The first-order valence-corrected chi connectivity index (χ1v) is 10.2. The number of carbonyl (C=O) groups is 2. The third-order valence-corrected chi connectivity index (χ3v) is 5.27. The second kappa shape index (κ2) is 10.6. The van der Waals surface area contributed by atoms with Gasteiger partial charge in [0.25, 0.3) is 5.91 Å². The van der Waals surface area contributed by atoms with Crippen LogP contribution in [0.2, 0.25) is 0 Å². The number of nitrogens with one attached hydrogen (secondary N) is 1. The van der Waals surface area contributed by atoms with Crippen molar-refractivity contribution in [3.05, 3.63) is 65.2 Å². The SMILES string of the molecule is CC[C@H](C)NC(=O)[C@@H](C)N(Cc1ccccc1)C(=O)COc1cccc(C)c1C. The maximum Gasteiger partial charge on any atom is 0.261 e. The maximum absolute atomic E-state index is 13.0. The fourth-order valence-electron chi connectivity index (χ4n) is 2.93. The molecule has 5 heteroatoms. The van der Waals surface area contributed by atoms with E-state index in [1.54, 1.807) is 11.8 Å². The second-order valence-electron chi connectivity index (χ2n) is 7.49. The number of rotatable bonds is 9. The van der Waals surface area contributed by atoms with Crippen LogP contribution in [0.5, 0.6) is 5.75 Å². The van der Waals surface area contributed by atoms with Crippen LogP contribution >= 0.6 is 0 Å². The molecule has 1 N–H and O–H groups in total. The Bertz CT molecular complexity index is 820. The lowest BCUT2D eigenvalue weighted by atomic mass is 10.1. The fourth-order valence-corrected chi connectivity index (χ4v) is 2.93. The molecule has 2 amide bonds. The Morgan fingerprint density at radius 1 is 1.03 bits per heavy atom. The first-order valence-electron chi connectivity index (χ1n) is 10.2. The van der Waals surface area contributed by atoms with E-state index >= 15 is 0 Å². The van der Waals surface area contributed by atoms with Gasteiger partial charge in [-0.05, 0) is 56.9 Å². The number of aryl methyl sites for hydroxylation is 1. The molecule has 2 atom stereocenters. The molecule has 0 aliphatic heterocycles. The maximum atomic E-state index is 13.0. The van der Waals surface area contributed by atoms with E-state index in [4.69, 9.17) is 4.74 Å². The van der Waals surface area contributed by atoms with Crippen LogP contribution in [0.15, 0.2) is 48.5 Å². The topological polar surface area (TPSA) is 58.6 Å². The van der Waals surface area contributed by atoms with Crippen molar-refractivity contribution in [2.75, 3.05) is 6.61 Å². The van der Waals surface area contributed by atoms with Gasteiger partial charge in [-0.15, -0.1) is 0 Å². The summed E-state index contributed by atoms with van der Waals surface area (Å²) in [6.07, 6.45) is 0.834. The largest absolute Gasteiger partial charge is 0.483 e. The minimum absolute atomic E-state index is 0.0600. The van der Waals surface area contributed by atoms with E-state index in [0.29, 0.717) is 12.3 Å². The summed E-state index contributed by atoms with van der Waals surface area (Å²) in [7, 11) is 0. The van der Waals surface area contributed by atoms with Crippen LogP contribution in [0.25, 0.3) is 0 Å². The van der Waals surface area contributed by atoms with Gasteiger partial charge in [0.15, 0.2) is 6.61 Å². The summed E-state index contributed by atoms with van der Waals surface area (Å²) in [6.45, 7) is 9.95. The Morgan fingerprint density at radius 2 is 1.72 bits per heavy atom. The molecule has 0 heterocycles. The summed E-state index contributed by atoms with van der Waals surface area (Å²) in [5, 5.41) is 2.97. The quantitative estimate of drug-likeness (QED) is 0.697. The predicted molar refractivity (Wildman–Crippen MR) is 116 cm³/mol. The van der Waals surface area contributed by atoms with Crippen molar-refractivity contribution in [1.82, 2.24) is 10.2 Å². The lowest BCUT2D eigenvalue weighted by Crippen LogP contribution is -2.50. The zero-order valence-electron chi connectivity index (χ0n) is 18.1. The molecule has 0 aliphatic carbocycles. The van der Waals surface area contributed by atoms with Gasteiger partial charge in [-0.25, -0.2) is 0 Å². The monoisotopic (exact) mass is 396 g/mol. The third-order valence-electron chi connectivity index (χ3n) is 5.27. The van der Waals surface area contributed by atoms with E-state index in [2.05, 4.69) is 5.32 Å². The van der Waals surface area contributed by atoms with Crippen molar-refractivity contribution >= 4 is 11.8 Å². The molecule has 2 aromatic rings. The highest BCUT2D eigenvalue weighted by atomic mass is 16.5. The minimum Gasteiger partial charge on any atom is -0.483 e. The molecular formula is C24H32N2O3. The molecule has 0 bridgehead atoms. The average molecular weight is 397 g/mol. The standard InChI is InChI=1S/C24H32N2O3/c1-6-18(3)25-24(28)20(5)26(15-21-12-8-7-9-13-21)23(27)16-29-22-14-10-11-17(2)19(22)4/h7-14,18,20H,6,15-16H2,1-5H3,(H,25,28)/t18-,20+/m0/s1. The van der Waals surface area contributed by atoms with Gasteiger partial charge in [-0.3, -0.25) is 9.59 Å². The van der Waals surface area contributed by atoms with Gasteiger partial charge in [0.05, 0.1) is 0 Å². The van der Waals surface area contributed by atoms with E-state index in [9.17, 15) is 9.59 Å². The molecule has 0 saturated heterocycles. The van der Waals surface area contributed by atoms with Gasteiger partial charge in [0, 0.05) is 12.6 Å². The van der Waals surface area contributed by atoms with E-state index < -0.39 is 6.04 Å². The van der Waals surface area contributed by atoms with Crippen LogP contribution in [0.4, 0.5) is 0 Å². The molecule has 5 nitrogen and oxygen atoms in total. The van der Waals surface area contributed by atoms with Gasteiger partial charge < -0.3 is 15.0 Å². The smallest absolute Gasteiger partial charge is 0.261 e. The second-order valence-corrected chi connectivity index (χ2v) is 7.49. The normalized spacial score (nSPS) is 12.7. The Labute approximate surface area is 174 Å². The summed E-state index contributed by atoms with van der Waals surface area (Å²) < 4.78 is 5.81. The van der Waals surface area contributed by atoms with E-state index in [0.717, 1.165) is 23.1 Å². The molecule has 2 aromatic carbocycles. The van der Waals surface area contributed by atoms with Crippen LogP contribution in [0, 0.1) is 13.8 Å². The number of nitrogens with zero attached hydrogens (tertiary/aromatic N) is 1. The molecule has 0 radical (unpaired) electrons. The van der Waals surface area contributed by atoms with E-state index in [1.165, 1.54) is 0 Å². The molecule has 29 heavy (non-hydrogen) atoms. The van der Waals surface area contributed by atoms with Crippen LogP contribution in [0.1, 0.15) is 43.9 Å². The highest BCUT2D eigenvalue weighted by molar-refractivity contribution is 5.88. The highest BCUT2D eigenvalue weighted by Crippen LogP contribution is 2.21. The molecule has 2 rings (SSSR count). The van der Waals surface area contributed by atoms with Crippen molar-refractivity contribution in [3.8, 4) is 5.75 Å². The number of carbonyl (C=O) groups excluding carboxylic acids is 2. The summed E-state index contributed by atoms with van der Waals surface area (Å²) in [6, 6.07) is 14.9. The Balaban J connectivity index is 2.15. The molecule has 0 spiro atoms. The molecule has 0 aromatic heterocycles. The number of benzene rings is 2. The molecular weight excluding hydrogens is 364 g/mol. The van der Waals surface area contributed by atoms with Crippen LogP contribution in [-0.4, -0.2) is 35.4 Å². The first kappa shape index (κ1) is 22.5. The van der Waals surface area contributed by atoms with E-state index in [-0.39, 0.29) is 24.5 Å². The summed E-state index contributed by atoms with van der Waals surface area (Å²) in [5.74, 6) is 0.312. The summed E-state index contributed by atoms with van der Waals surface area (Å²) in [5.41, 5.74) is 3.09. The number of hydrogen-bond donors (Lipinski definition) is 1. The predicted octanol–water partition coefficient (Wildman–Crippen LogP) is 4.01. The number of ether oxygens (including phenoxy) is 1. The summed E-state index contributed by atoms with van der Waals surface area (Å²) in [4.78, 5) is 27.3. The van der Waals surface area contributed by atoms with Crippen molar-refractivity contribution < 1.29 is 14.3 Å². The molecule has 0 fully saturated rings. The minimum atomic E-state index is -0.598. The van der Waals surface area contributed by atoms with Crippen LogP contribution in [0.3, 0.4) is 0 Å². The van der Waals surface area contributed by atoms with Gasteiger partial charge in [-0.1, -0.05) is 49.4 Å². The molecule has 0 saturated carbocycles. The van der Waals surface area contributed by atoms with Crippen LogP contribution < -0.4 is 10.1 Å². The van der Waals surface area contributed by atoms with Gasteiger partial charge in [0.1, 0.15) is 11.8 Å². The lowest BCUT2D eigenvalue weighted by molar-refractivity contribution is -0.142. The van der Waals surface area contributed by atoms with Crippen molar-refractivity contribution in [1.29, 1.82) is 0 Å². The Kier molecular flexibility index (Phi) is 8.25. The molecule has 0 unspecified atom stereocenters. The molecule has 0 aliphatic rings. The highest BCUT2D eigenvalue weighted by Gasteiger charge is 2.27. The summed E-state index contributed by atoms with van der Waals surface area (Å²) >= 11 is 0. The number of amides is 2. The van der Waals surface area contributed by atoms with Crippen molar-refractivity contribution in [2.45, 2.75) is 59.7 Å². The van der Waals surface area contributed by atoms with Crippen molar-refractivity contribution in [2.24, 2.45) is 0 Å². The third kappa shape index (κ3) is 6.34. The zero-order chi connectivity index (χ0) is 21.4. The first-order chi connectivity index (χ1) is 13.8. The van der Waals surface area contributed by atoms with Gasteiger partial charge >= 0.3 is 0 Å². The lowest BCUT2D eigenvalue weighted by Gasteiger charge is -2.29. The fraction of sp³-hybridized carbons (Fsp3) is 0.417. The average Bonchev–Trinajstić information content (AvgIpc) is 2.72. The van der Waals surface area contributed by atoms with Gasteiger partial charge in [-0.2, -0.15) is 0 Å². The van der Waals surface area contributed by atoms with E-state index in [1.807, 2.05) is 76.2 Å². The zero-order valence-corrected chi connectivity index (χ0v) is 18.1. The Morgan fingerprint density at radius 3 is 2.38 bits per heavy atom. The van der Waals surface area contributed by atoms with Gasteiger partial charge in [0.2, 0.25) is 5.91 Å². The molecule has 156 valence electrons. The Hall–Kier alpha value is -2.82. The van der Waals surface area contributed by atoms with Crippen molar-refractivity contribution in [3.63, 3.8) is 0 Å².